The first-order chi connectivity index (χ1) is 12.2. The van der Waals surface area contributed by atoms with Crippen LogP contribution in [0.3, 0.4) is 0 Å². The maximum atomic E-state index is 8.76. The number of nitriles is 1. The number of hydrogen-bond acceptors (Lipinski definition) is 3. The van der Waals surface area contributed by atoms with Crippen molar-refractivity contribution in [2.24, 2.45) is 4.99 Å². The third kappa shape index (κ3) is 8.28. The normalized spacial score (nSPS) is 9.88. The summed E-state index contributed by atoms with van der Waals surface area (Å²) in [6, 6.07) is 18.2. The molecule has 0 saturated heterocycles. The summed E-state index contributed by atoms with van der Waals surface area (Å²) in [6.45, 7) is 11.6. The predicted molar refractivity (Wildman–Crippen MR) is 109 cm³/mol. The average molecular weight is 338 g/mol. The summed E-state index contributed by atoms with van der Waals surface area (Å²) in [5.74, 6) is 0. The largest absolute Gasteiger partial charge is 0.309 e. The van der Waals surface area contributed by atoms with Crippen molar-refractivity contribution < 1.29 is 0 Å². The van der Waals surface area contributed by atoms with Crippen LogP contribution in [0.1, 0.15) is 56.9 Å². The van der Waals surface area contributed by atoms with Gasteiger partial charge in [0.15, 0.2) is 0 Å². The Bertz CT molecular complexity index is 647. The van der Waals surface area contributed by atoms with E-state index in [1.807, 2.05) is 65.9 Å². The Morgan fingerprint density at radius 3 is 1.72 bits per heavy atom. The molecule has 0 aliphatic carbocycles. The average Bonchev–Trinajstić information content (AvgIpc) is 2.71. The van der Waals surface area contributed by atoms with E-state index in [1.165, 1.54) is 11.1 Å². The van der Waals surface area contributed by atoms with E-state index in [2.05, 4.69) is 40.6 Å². The Kier molecular flexibility index (Phi) is 12.6. The van der Waals surface area contributed by atoms with E-state index >= 15 is 0 Å². The molecule has 0 heterocycles. The van der Waals surface area contributed by atoms with Crippen LogP contribution in [-0.4, -0.2) is 12.8 Å². The van der Waals surface area contributed by atoms with Gasteiger partial charge < -0.3 is 5.32 Å². The molecule has 0 aromatic heterocycles. The summed E-state index contributed by atoms with van der Waals surface area (Å²) in [4.78, 5) is 4.18. The minimum absolute atomic E-state index is 0.697. The Labute approximate surface area is 153 Å². The van der Waals surface area contributed by atoms with E-state index in [9.17, 15) is 0 Å². The van der Waals surface area contributed by atoms with E-state index in [4.69, 9.17) is 5.26 Å². The van der Waals surface area contributed by atoms with Gasteiger partial charge in [-0.3, -0.25) is 4.99 Å². The third-order valence-corrected chi connectivity index (χ3v) is 3.45. The highest BCUT2D eigenvalue weighted by Crippen LogP contribution is 2.07. The highest BCUT2D eigenvalue weighted by Gasteiger charge is 1.98. The molecular formula is C22H31N3. The molecule has 0 spiro atoms. The van der Waals surface area contributed by atoms with Gasteiger partial charge in [0.1, 0.15) is 0 Å². The Morgan fingerprint density at radius 2 is 1.32 bits per heavy atom. The molecule has 2 rings (SSSR count). The molecule has 0 aliphatic heterocycles. The van der Waals surface area contributed by atoms with Gasteiger partial charge in [0.2, 0.25) is 0 Å². The number of hydrogen-bond donors (Lipinski definition) is 1. The van der Waals surface area contributed by atoms with Gasteiger partial charge in [-0.1, -0.05) is 64.1 Å². The fraction of sp³-hybridized carbons (Fsp3) is 0.364. The van der Waals surface area contributed by atoms with E-state index in [0.29, 0.717) is 5.56 Å². The number of nitrogens with zero attached hydrogens (tertiary/aromatic N) is 2. The summed E-state index contributed by atoms with van der Waals surface area (Å²) in [7, 11) is 1.81. The van der Waals surface area contributed by atoms with E-state index in [-0.39, 0.29) is 0 Å². The van der Waals surface area contributed by atoms with Gasteiger partial charge in [0.25, 0.3) is 0 Å². The van der Waals surface area contributed by atoms with E-state index < -0.39 is 0 Å². The summed E-state index contributed by atoms with van der Waals surface area (Å²) < 4.78 is 0. The predicted octanol–water partition coefficient (Wildman–Crippen LogP) is 5.34. The molecule has 2 aromatic rings. The fourth-order valence-electron chi connectivity index (χ4n) is 2.04. The minimum atomic E-state index is 0.697. The summed E-state index contributed by atoms with van der Waals surface area (Å²) in [5, 5.41) is 12.2. The van der Waals surface area contributed by atoms with Gasteiger partial charge in [-0.2, -0.15) is 5.26 Å². The molecule has 3 heteroatoms. The van der Waals surface area contributed by atoms with Crippen molar-refractivity contribution in [2.45, 2.75) is 47.7 Å². The second kappa shape index (κ2) is 13.9. The van der Waals surface area contributed by atoms with Crippen LogP contribution < -0.4 is 5.32 Å². The fourth-order valence-corrected chi connectivity index (χ4v) is 2.04. The van der Waals surface area contributed by atoms with Crippen LogP contribution in [0.5, 0.6) is 0 Å². The second-order valence-corrected chi connectivity index (χ2v) is 4.92. The van der Waals surface area contributed by atoms with Gasteiger partial charge in [0, 0.05) is 25.8 Å². The standard InChI is InChI=1S/C18H19N3.2C2H6/c1-14(20-2)18-9-7-17(8-10-18)13-21-12-16-5-3-15(11-19)4-6-16;2*1-2/h3-10,21H,12-13H2,1-2H3;2*1-2H3. The van der Waals surface area contributed by atoms with Gasteiger partial charge in [0.05, 0.1) is 11.6 Å². The molecule has 0 saturated carbocycles. The lowest BCUT2D eigenvalue weighted by Crippen LogP contribution is -2.12. The maximum Gasteiger partial charge on any atom is 0.0991 e. The molecule has 0 aliphatic rings. The van der Waals surface area contributed by atoms with Gasteiger partial charge >= 0.3 is 0 Å². The third-order valence-electron chi connectivity index (χ3n) is 3.45. The van der Waals surface area contributed by atoms with Gasteiger partial charge in [-0.15, -0.1) is 0 Å². The van der Waals surface area contributed by atoms with Crippen LogP contribution >= 0.6 is 0 Å². The van der Waals surface area contributed by atoms with Crippen molar-refractivity contribution in [1.82, 2.24) is 5.32 Å². The molecule has 134 valence electrons. The summed E-state index contributed by atoms with van der Waals surface area (Å²) in [6.07, 6.45) is 0. The molecule has 0 atom stereocenters. The van der Waals surface area contributed by atoms with Crippen LogP contribution in [0.15, 0.2) is 53.5 Å². The SMILES string of the molecule is CC.CC.CN=C(C)c1ccc(CNCc2ccc(C#N)cc2)cc1. The van der Waals surface area contributed by atoms with Crippen molar-refractivity contribution in [3.63, 3.8) is 0 Å². The van der Waals surface area contributed by atoms with Crippen LogP contribution in [0.2, 0.25) is 0 Å². The van der Waals surface area contributed by atoms with Crippen molar-refractivity contribution in [1.29, 1.82) is 5.26 Å². The molecule has 0 amide bonds. The highest BCUT2D eigenvalue weighted by atomic mass is 14.8. The smallest absolute Gasteiger partial charge is 0.0991 e. The zero-order valence-electron chi connectivity index (χ0n) is 16.4. The molecule has 0 bridgehead atoms. The number of nitrogens with one attached hydrogen (secondary N) is 1. The van der Waals surface area contributed by atoms with Crippen LogP contribution in [0.25, 0.3) is 0 Å². The number of aliphatic imine (C=N–C) groups is 1. The van der Waals surface area contributed by atoms with Crippen LogP contribution in [0, 0.1) is 11.3 Å². The van der Waals surface area contributed by atoms with Crippen LogP contribution in [0.4, 0.5) is 0 Å². The lowest BCUT2D eigenvalue weighted by atomic mass is 10.1. The number of rotatable bonds is 5. The first-order valence-electron chi connectivity index (χ1n) is 8.95. The maximum absolute atomic E-state index is 8.76. The monoisotopic (exact) mass is 337 g/mol. The van der Waals surface area contributed by atoms with E-state index in [0.717, 1.165) is 24.4 Å². The minimum Gasteiger partial charge on any atom is -0.309 e. The summed E-state index contributed by atoms with van der Waals surface area (Å²) >= 11 is 0. The summed E-state index contributed by atoms with van der Waals surface area (Å²) in [5.41, 5.74) is 5.33. The first kappa shape index (κ1) is 22.6. The van der Waals surface area contributed by atoms with Crippen molar-refractivity contribution in [2.75, 3.05) is 7.05 Å². The molecular weight excluding hydrogens is 306 g/mol. The topological polar surface area (TPSA) is 48.2 Å². The Morgan fingerprint density at radius 1 is 0.880 bits per heavy atom. The van der Waals surface area contributed by atoms with Gasteiger partial charge in [-0.05, 0) is 35.7 Å². The molecule has 0 radical (unpaired) electrons. The zero-order valence-corrected chi connectivity index (χ0v) is 16.4. The van der Waals surface area contributed by atoms with Crippen LogP contribution in [-0.2, 0) is 13.1 Å². The van der Waals surface area contributed by atoms with E-state index in [1.54, 1.807) is 0 Å². The van der Waals surface area contributed by atoms with Crippen molar-refractivity contribution in [3.05, 3.63) is 70.8 Å². The van der Waals surface area contributed by atoms with Gasteiger partial charge in [-0.25, -0.2) is 0 Å². The first-order valence-corrected chi connectivity index (χ1v) is 8.95. The Hall–Kier alpha value is -2.44. The molecule has 25 heavy (non-hydrogen) atoms. The molecule has 2 aromatic carbocycles. The zero-order chi connectivity index (χ0) is 19.1. The molecule has 0 fully saturated rings. The van der Waals surface area contributed by atoms with Crippen molar-refractivity contribution in [3.8, 4) is 6.07 Å². The molecule has 3 nitrogen and oxygen atoms in total. The lowest BCUT2D eigenvalue weighted by Gasteiger charge is -2.06. The lowest BCUT2D eigenvalue weighted by molar-refractivity contribution is 0.693. The molecule has 1 N–H and O–H groups in total. The van der Waals surface area contributed by atoms with Crippen molar-refractivity contribution >= 4 is 5.71 Å². The number of benzene rings is 2. The second-order valence-electron chi connectivity index (χ2n) is 4.92. The quantitative estimate of drug-likeness (QED) is 0.749. The Balaban J connectivity index is 0.00000134. The highest BCUT2D eigenvalue weighted by molar-refractivity contribution is 5.98. The molecule has 0 unspecified atom stereocenters.